The molecule has 0 fully saturated rings. The van der Waals surface area contributed by atoms with Gasteiger partial charge in [0.25, 0.3) is 0 Å². The molecule has 0 radical (unpaired) electrons. The van der Waals surface area contributed by atoms with Crippen LogP contribution in [0, 0.1) is 5.92 Å². The second kappa shape index (κ2) is 14.9. The van der Waals surface area contributed by atoms with Gasteiger partial charge in [-0.2, -0.15) is 0 Å². The van der Waals surface area contributed by atoms with E-state index in [-0.39, 0.29) is 0 Å². The first kappa shape index (κ1) is 27.4. The summed E-state index contributed by atoms with van der Waals surface area (Å²) in [6, 6.07) is 44.4. The molecule has 0 bridgehead atoms. The van der Waals surface area contributed by atoms with Gasteiger partial charge in [0.2, 0.25) is 0 Å². The van der Waals surface area contributed by atoms with Crippen molar-refractivity contribution < 1.29 is 0 Å². The predicted octanol–water partition coefficient (Wildman–Crippen LogP) is 10.8. The van der Waals surface area contributed by atoms with Gasteiger partial charge >= 0.3 is 0 Å². The van der Waals surface area contributed by atoms with Crippen LogP contribution in [0.3, 0.4) is 0 Å². The van der Waals surface area contributed by atoms with Gasteiger partial charge in [-0.05, 0) is 47.4 Å². The van der Waals surface area contributed by atoms with Crippen LogP contribution in [0.2, 0.25) is 0 Å². The molecule has 2 atom stereocenters. The first-order valence-corrected chi connectivity index (χ1v) is 15.0. The van der Waals surface area contributed by atoms with E-state index in [1.165, 1.54) is 67.2 Å². The highest BCUT2D eigenvalue weighted by molar-refractivity contribution is 9.09. The molecule has 0 heterocycles. The molecule has 2 unspecified atom stereocenters. The third-order valence-electron chi connectivity index (χ3n) is 7.64. The SMILES string of the molecule is CC(Br)CC(CCCCCCC(c1ccccc1)c1ccccc1)C(c1ccccc1)c1ccccc1. The Balaban J connectivity index is 1.36. The Morgan fingerprint density at radius 1 is 0.486 bits per heavy atom. The molecule has 0 aliphatic carbocycles. The van der Waals surface area contributed by atoms with Crippen molar-refractivity contribution in [2.24, 2.45) is 5.92 Å². The lowest BCUT2D eigenvalue weighted by Crippen LogP contribution is -2.18. The molecule has 4 rings (SSSR count). The maximum atomic E-state index is 3.88. The summed E-state index contributed by atoms with van der Waals surface area (Å²) in [5.74, 6) is 1.56. The van der Waals surface area contributed by atoms with Gasteiger partial charge in [0, 0.05) is 16.7 Å². The minimum absolute atomic E-state index is 0.447. The normalized spacial score (nSPS) is 13.1. The van der Waals surface area contributed by atoms with Crippen LogP contribution in [0.5, 0.6) is 0 Å². The Morgan fingerprint density at radius 2 is 0.865 bits per heavy atom. The lowest BCUT2D eigenvalue weighted by molar-refractivity contribution is 0.385. The van der Waals surface area contributed by atoms with E-state index in [9.17, 15) is 0 Å². The zero-order valence-corrected chi connectivity index (χ0v) is 23.8. The number of hydrogen-bond acceptors (Lipinski definition) is 0. The maximum Gasteiger partial charge on any atom is 0.0120 e. The van der Waals surface area contributed by atoms with Crippen molar-refractivity contribution in [3.8, 4) is 0 Å². The smallest absolute Gasteiger partial charge is 0.0120 e. The Bertz CT molecular complexity index is 1040. The van der Waals surface area contributed by atoms with E-state index in [4.69, 9.17) is 0 Å². The fraction of sp³-hybridized carbons (Fsp3) is 0.333. The minimum atomic E-state index is 0.447. The van der Waals surface area contributed by atoms with E-state index in [1.54, 1.807) is 0 Å². The van der Waals surface area contributed by atoms with E-state index in [1.807, 2.05) is 0 Å². The van der Waals surface area contributed by atoms with Gasteiger partial charge in [-0.3, -0.25) is 0 Å². The highest BCUT2D eigenvalue weighted by atomic mass is 79.9. The van der Waals surface area contributed by atoms with E-state index < -0.39 is 0 Å². The second-order valence-corrected chi connectivity index (χ2v) is 12.0. The molecule has 0 aromatic heterocycles. The summed E-state index contributed by atoms with van der Waals surface area (Å²) in [5, 5.41) is 0. The summed E-state index contributed by atoms with van der Waals surface area (Å²) in [6.07, 6.45) is 8.85. The lowest BCUT2D eigenvalue weighted by atomic mass is 9.76. The van der Waals surface area contributed by atoms with Gasteiger partial charge in [0.05, 0.1) is 0 Å². The molecule has 37 heavy (non-hydrogen) atoms. The molecule has 0 saturated carbocycles. The zero-order valence-electron chi connectivity index (χ0n) is 22.2. The summed E-state index contributed by atoms with van der Waals surface area (Å²) in [7, 11) is 0. The topological polar surface area (TPSA) is 0 Å². The number of unbranched alkanes of at least 4 members (excludes halogenated alkanes) is 3. The predicted molar refractivity (Wildman–Crippen MR) is 164 cm³/mol. The molecule has 192 valence electrons. The van der Waals surface area contributed by atoms with Crippen molar-refractivity contribution in [1.29, 1.82) is 0 Å². The molecule has 0 saturated heterocycles. The molecule has 4 aromatic rings. The summed E-state index contributed by atoms with van der Waals surface area (Å²) in [6.45, 7) is 2.30. The Labute approximate surface area is 233 Å². The van der Waals surface area contributed by atoms with Crippen LogP contribution < -0.4 is 0 Å². The summed E-state index contributed by atoms with van der Waals surface area (Å²) in [4.78, 5) is 0.518. The Hall–Kier alpha value is -2.64. The monoisotopic (exact) mass is 552 g/mol. The first-order valence-electron chi connectivity index (χ1n) is 14.1. The van der Waals surface area contributed by atoms with Crippen molar-refractivity contribution in [2.45, 2.75) is 68.5 Å². The van der Waals surface area contributed by atoms with Gasteiger partial charge in [0.15, 0.2) is 0 Å². The van der Waals surface area contributed by atoms with Crippen molar-refractivity contribution in [2.75, 3.05) is 0 Å². The van der Waals surface area contributed by atoms with Crippen LogP contribution in [-0.2, 0) is 0 Å². The van der Waals surface area contributed by atoms with Crippen LogP contribution in [-0.4, -0.2) is 4.83 Å². The highest BCUT2D eigenvalue weighted by Crippen LogP contribution is 2.39. The molecule has 0 aliphatic heterocycles. The van der Waals surface area contributed by atoms with Crippen LogP contribution in [0.4, 0.5) is 0 Å². The Kier molecular flexibility index (Phi) is 11.1. The lowest BCUT2D eigenvalue weighted by Gasteiger charge is -2.29. The van der Waals surface area contributed by atoms with Crippen LogP contribution in [0.15, 0.2) is 121 Å². The molecule has 0 nitrogen and oxygen atoms in total. The average molecular weight is 554 g/mol. The Morgan fingerprint density at radius 3 is 1.27 bits per heavy atom. The van der Waals surface area contributed by atoms with E-state index in [0.717, 1.165) is 0 Å². The standard InChI is InChI=1S/C36H41Br/c1-29(37)28-34(36(32-22-13-6-14-23-32)33-24-15-7-16-25-33)26-8-2-3-17-27-35(30-18-9-4-10-19-30)31-20-11-5-12-21-31/h4-7,9-16,18-25,29,34-36H,2-3,8,17,26-28H2,1H3. The number of alkyl halides is 1. The molecule has 0 amide bonds. The van der Waals surface area contributed by atoms with Crippen LogP contribution in [0.1, 0.15) is 86.0 Å². The summed E-state index contributed by atoms with van der Waals surface area (Å²) in [5.41, 5.74) is 5.77. The molecular formula is C36H41Br. The molecule has 1 heteroatoms. The average Bonchev–Trinajstić information content (AvgIpc) is 2.94. The zero-order chi connectivity index (χ0) is 25.7. The molecule has 0 spiro atoms. The van der Waals surface area contributed by atoms with Crippen molar-refractivity contribution in [3.05, 3.63) is 144 Å². The fourth-order valence-corrected chi connectivity index (χ4v) is 6.38. The van der Waals surface area contributed by atoms with Crippen LogP contribution in [0.25, 0.3) is 0 Å². The van der Waals surface area contributed by atoms with Crippen molar-refractivity contribution in [1.82, 2.24) is 0 Å². The molecule has 0 aliphatic rings. The fourth-order valence-electron chi connectivity index (χ4n) is 5.90. The minimum Gasteiger partial charge on any atom is -0.0894 e. The van der Waals surface area contributed by atoms with Gasteiger partial charge < -0.3 is 0 Å². The number of hydrogen-bond donors (Lipinski definition) is 0. The van der Waals surface area contributed by atoms with Gasteiger partial charge in [-0.1, -0.05) is 170 Å². The molecule has 0 N–H and O–H groups in total. The maximum absolute atomic E-state index is 3.88. The summed E-state index contributed by atoms with van der Waals surface area (Å²) < 4.78 is 0. The third kappa shape index (κ3) is 8.44. The molecule has 4 aromatic carbocycles. The van der Waals surface area contributed by atoms with Crippen molar-refractivity contribution >= 4 is 15.9 Å². The quantitative estimate of drug-likeness (QED) is 0.108. The van der Waals surface area contributed by atoms with Crippen molar-refractivity contribution in [3.63, 3.8) is 0 Å². The number of rotatable bonds is 14. The number of benzene rings is 4. The van der Waals surface area contributed by atoms with Crippen LogP contribution >= 0.6 is 15.9 Å². The summed E-state index contributed by atoms with van der Waals surface area (Å²) >= 11 is 3.88. The largest absolute Gasteiger partial charge is 0.0894 e. The van der Waals surface area contributed by atoms with Gasteiger partial charge in [-0.25, -0.2) is 0 Å². The molecular weight excluding hydrogens is 512 g/mol. The van der Waals surface area contributed by atoms with Gasteiger partial charge in [-0.15, -0.1) is 0 Å². The van der Waals surface area contributed by atoms with E-state index in [2.05, 4.69) is 144 Å². The third-order valence-corrected chi connectivity index (χ3v) is 8.01. The second-order valence-electron chi connectivity index (χ2n) is 10.4. The van der Waals surface area contributed by atoms with Gasteiger partial charge in [0.1, 0.15) is 0 Å². The number of halogens is 1. The van der Waals surface area contributed by atoms with E-state index in [0.29, 0.717) is 22.6 Å². The van der Waals surface area contributed by atoms with E-state index >= 15 is 0 Å². The first-order chi connectivity index (χ1) is 18.2. The highest BCUT2D eigenvalue weighted by Gasteiger charge is 2.25.